The van der Waals surface area contributed by atoms with E-state index in [2.05, 4.69) is 0 Å². The molecule has 31 heavy (non-hydrogen) atoms. The number of nitro benzene ring substituents is 1. The first-order valence-electron chi connectivity index (χ1n) is 9.20. The number of non-ortho nitro benzene ring substituents is 1. The van der Waals surface area contributed by atoms with Crippen LogP contribution in [-0.4, -0.2) is 59.1 Å². The Morgan fingerprint density at radius 2 is 1.81 bits per heavy atom. The van der Waals surface area contributed by atoms with E-state index in [9.17, 15) is 29.9 Å². The summed E-state index contributed by atoms with van der Waals surface area (Å²) < 4.78 is 10.6. The fraction of sp³-hybridized carbons (Fsp3) is 0.238. The molecule has 0 aromatic heterocycles. The van der Waals surface area contributed by atoms with Crippen LogP contribution in [0.5, 0.6) is 11.5 Å². The number of aliphatic hydroxyl groups is 2. The zero-order chi connectivity index (χ0) is 22.7. The predicted octanol–water partition coefficient (Wildman–Crippen LogP) is 2.03. The van der Waals surface area contributed by atoms with Crippen LogP contribution in [0, 0.1) is 10.1 Å². The van der Waals surface area contributed by atoms with Gasteiger partial charge in [-0.05, 0) is 24.3 Å². The van der Waals surface area contributed by atoms with Gasteiger partial charge in [0, 0.05) is 35.9 Å². The first-order valence-corrected chi connectivity index (χ1v) is 9.20. The molecule has 0 saturated carbocycles. The van der Waals surface area contributed by atoms with Crippen molar-refractivity contribution in [1.29, 1.82) is 0 Å². The number of aliphatic hydroxyl groups excluding tert-OH is 2. The van der Waals surface area contributed by atoms with Crippen molar-refractivity contribution >= 4 is 23.1 Å². The highest BCUT2D eigenvalue weighted by Crippen LogP contribution is 2.43. The lowest BCUT2D eigenvalue weighted by Crippen LogP contribution is -2.32. The van der Waals surface area contributed by atoms with Gasteiger partial charge in [0.15, 0.2) is 0 Å². The number of amides is 1. The smallest absolute Gasteiger partial charge is 0.295 e. The van der Waals surface area contributed by atoms with E-state index in [0.29, 0.717) is 17.1 Å². The standard InChI is InChI=1S/C21H20N2O8/c1-30-14-7-8-15(16(11-14)31-2)18-17(20(26)21(27)22(18)9-10-24)19(25)12-3-5-13(6-4-12)23(28)29/h3-8,11,18,24-25H,9-10H2,1-2H3/t18-/m1/s1. The van der Waals surface area contributed by atoms with Gasteiger partial charge in [0.2, 0.25) is 0 Å². The summed E-state index contributed by atoms with van der Waals surface area (Å²) in [4.78, 5) is 36.9. The van der Waals surface area contributed by atoms with E-state index in [-0.39, 0.29) is 23.4 Å². The lowest BCUT2D eigenvalue weighted by Gasteiger charge is -2.26. The number of carbonyl (C=O) groups excluding carboxylic acids is 2. The number of Topliss-reactive ketones (excluding diaryl/α,β-unsaturated/α-hetero) is 1. The maximum Gasteiger partial charge on any atom is 0.295 e. The molecule has 10 nitrogen and oxygen atoms in total. The third-order valence-electron chi connectivity index (χ3n) is 4.97. The van der Waals surface area contributed by atoms with Crippen molar-refractivity contribution in [3.63, 3.8) is 0 Å². The van der Waals surface area contributed by atoms with Crippen molar-refractivity contribution in [2.75, 3.05) is 27.4 Å². The topological polar surface area (TPSA) is 139 Å². The van der Waals surface area contributed by atoms with E-state index in [1.54, 1.807) is 18.2 Å². The van der Waals surface area contributed by atoms with Crippen molar-refractivity contribution in [1.82, 2.24) is 4.90 Å². The minimum atomic E-state index is -1.04. The molecule has 2 N–H and O–H groups in total. The SMILES string of the molecule is COc1ccc([C@@H]2C(=C(O)c3ccc([N+](=O)[O-])cc3)C(=O)C(=O)N2CCO)c(OC)c1. The third kappa shape index (κ3) is 3.92. The first-order chi connectivity index (χ1) is 14.8. The van der Waals surface area contributed by atoms with Crippen LogP contribution in [0.2, 0.25) is 0 Å². The molecule has 2 aromatic rings. The number of nitro groups is 1. The number of benzene rings is 2. The Morgan fingerprint density at radius 3 is 2.35 bits per heavy atom. The molecular formula is C21H20N2O8. The molecule has 1 aliphatic heterocycles. The van der Waals surface area contributed by atoms with E-state index in [4.69, 9.17) is 9.47 Å². The number of hydrogen-bond donors (Lipinski definition) is 2. The molecule has 1 saturated heterocycles. The van der Waals surface area contributed by atoms with Crippen LogP contribution in [-0.2, 0) is 9.59 Å². The molecule has 0 spiro atoms. The van der Waals surface area contributed by atoms with Gasteiger partial charge in [-0.3, -0.25) is 19.7 Å². The molecule has 3 rings (SSSR count). The number of ether oxygens (including phenoxy) is 2. The zero-order valence-electron chi connectivity index (χ0n) is 16.8. The second kappa shape index (κ2) is 8.84. The summed E-state index contributed by atoms with van der Waals surface area (Å²) in [5, 5.41) is 31.2. The summed E-state index contributed by atoms with van der Waals surface area (Å²) in [6.07, 6.45) is 0. The van der Waals surface area contributed by atoms with Crippen LogP contribution in [0.3, 0.4) is 0 Å². The molecule has 1 fully saturated rings. The van der Waals surface area contributed by atoms with Crippen LogP contribution in [0.4, 0.5) is 5.69 Å². The van der Waals surface area contributed by atoms with E-state index in [1.165, 1.54) is 38.5 Å². The molecule has 0 unspecified atom stereocenters. The van der Waals surface area contributed by atoms with Crippen molar-refractivity contribution in [2.24, 2.45) is 0 Å². The molecule has 162 valence electrons. The van der Waals surface area contributed by atoms with Gasteiger partial charge in [-0.2, -0.15) is 0 Å². The Morgan fingerprint density at radius 1 is 1.13 bits per heavy atom. The minimum Gasteiger partial charge on any atom is -0.507 e. The Bertz CT molecular complexity index is 1060. The average Bonchev–Trinajstić information content (AvgIpc) is 3.03. The van der Waals surface area contributed by atoms with E-state index in [0.717, 1.165) is 4.90 Å². The van der Waals surface area contributed by atoms with Crippen molar-refractivity contribution in [3.05, 3.63) is 69.3 Å². The average molecular weight is 428 g/mol. The number of ketones is 1. The summed E-state index contributed by atoms with van der Waals surface area (Å²) in [5.41, 5.74) is 0.130. The minimum absolute atomic E-state index is 0.130. The molecule has 0 bridgehead atoms. The molecule has 1 heterocycles. The van der Waals surface area contributed by atoms with Crippen LogP contribution >= 0.6 is 0 Å². The summed E-state index contributed by atoms with van der Waals surface area (Å²) in [7, 11) is 2.88. The van der Waals surface area contributed by atoms with Crippen molar-refractivity contribution in [2.45, 2.75) is 6.04 Å². The largest absolute Gasteiger partial charge is 0.507 e. The molecule has 0 aliphatic carbocycles. The summed E-state index contributed by atoms with van der Waals surface area (Å²) in [6, 6.07) is 8.68. The van der Waals surface area contributed by atoms with Gasteiger partial charge in [0.1, 0.15) is 17.3 Å². The van der Waals surface area contributed by atoms with Gasteiger partial charge in [0.05, 0.1) is 37.4 Å². The molecule has 1 aliphatic rings. The van der Waals surface area contributed by atoms with Crippen molar-refractivity contribution in [3.8, 4) is 11.5 Å². The number of rotatable bonds is 7. The van der Waals surface area contributed by atoms with Gasteiger partial charge in [-0.25, -0.2) is 0 Å². The number of nitrogens with zero attached hydrogens (tertiary/aromatic N) is 2. The van der Waals surface area contributed by atoms with Crippen LogP contribution < -0.4 is 9.47 Å². The number of methoxy groups -OCH3 is 2. The van der Waals surface area contributed by atoms with E-state index in [1.807, 2.05) is 0 Å². The molecular weight excluding hydrogens is 408 g/mol. The Labute approximate surface area is 177 Å². The summed E-state index contributed by atoms with van der Waals surface area (Å²) >= 11 is 0. The fourth-order valence-electron chi connectivity index (χ4n) is 3.48. The quantitative estimate of drug-likeness (QED) is 0.224. The van der Waals surface area contributed by atoms with Crippen LogP contribution in [0.1, 0.15) is 17.2 Å². The highest BCUT2D eigenvalue weighted by molar-refractivity contribution is 6.46. The zero-order valence-corrected chi connectivity index (χ0v) is 16.8. The maximum atomic E-state index is 12.8. The molecule has 2 aromatic carbocycles. The monoisotopic (exact) mass is 428 g/mol. The second-order valence-electron chi connectivity index (χ2n) is 6.63. The highest BCUT2D eigenvalue weighted by Gasteiger charge is 2.46. The third-order valence-corrected chi connectivity index (χ3v) is 4.97. The van der Waals surface area contributed by atoms with Gasteiger partial charge in [-0.15, -0.1) is 0 Å². The second-order valence-corrected chi connectivity index (χ2v) is 6.63. The van der Waals surface area contributed by atoms with Crippen molar-refractivity contribution < 1.29 is 34.2 Å². The highest BCUT2D eigenvalue weighted by atomic mass is 16.6. The summed E-state index contributed by atoms with van der Waals surface area (Å²) in [6.45, 7) is -0.555. The molecule has 10 heteroatoms. The number of likely N-dealkylation sites (tertiary alicyclic amines) is 1. The summed E-state index contributed by atoms with van der Waals surface area (Å²) in [5.74, 6) is -1.53. The number of β-amino-alcohol motifs (C(OH)–C–C–N with tert-alkyl or cyclic N) is 1. The number of carbonyl (C=O) groups is 2. The Kier molecular flexibility index (Phi) is 6.21. The predicted molar refractivity (Wildman–Crippen MR) is 109 cm³/mol. The van der Waals surface area contributed by atoms with Crippen LogP contribution in [0.25, 0.3) is 5.76 Å². The number of hydrogen-bond acceptors (Lipinski definition) is 8. The molecule has 1 atom stereocenters. The van der Waals surface area contributed by atoms with Gasteiger partial charge < -0.3 is 24.6 Å². The van der Waals surface area contributed by atoms with Gasteiger partial charge in [0.25, 0.3) is 17.4 Å². The van der Waals surface area contributed by atoms with Gasteiger partial charge in [-0.1, -0.05) is 0 Å². The Hall–Kier alpha value is -3.92. The molecule has 0 radical (unpaired) electrons. The van der Waals surface area contributed by atoms with Gasteiger partial charge >= 0.3 is 0 Å². The lowest BCUT2D eigenvalue weighted by molar-refractivity contribution is -0.384. The van der Waals surface area contributed by atoms with E-state index < -0.39 is 35.0 Å². The fourth-order valence-corrected chi connectivity index (χ4v) is 3.48. The Balaban J connectivity index is 2.21. The maximum absolute atomic E-state index is 12.8. The first kappa shape index (κ1) is 21.8. The molecule has 1 amide bonds. The van der Waals surface area contributed by atoms with E-state index >= 15 is 0 Å². The lowest BCUT2D eigenvalue weighted by atomic mass is 9.94. The normalized spacial score (nSPS) is 17.6. The van der Waals surface area contributed by atoms with Crippen LogP contribution in [0.15, 0.2) is 48.0 Å².